The lowest BCUT2D eigenvalue weighted by atomic mass is 9.96. The number of methoxy groups -OCH3 is 1. The molecule has 1 rings (SSSR count). The first-order chi connectivity index (χ1) is 7.54. The average Bonchev–Trinajstić information content (AvgIpc) is 2.26. The molecule has 0 radical (unpaired) electrons. The Morgan fingerprint density at radius 1 is 1.56 bits per heavy atom. The average molecular weight is 245 g/mol. The van der Waals surface area contributed by atoms with E-state index >= 15 is 0 Å². The van der Waals surface area contributed by atoms with Crippen LogP contribution < -0.4 is 0 Å². The van der Waals surface area contributed by atoms with Gasteiger partial charge in [-0.2, -0.15) is 0 Å². The summed E-state index contributed by atoms with van der Waals surface area (Å²) in [5, 5.41) is 0.519. The number of piperidine rings is 1. The molecule has 1 amide bonds. The van der Waals surface area contributed by atoms with Crippen LogP contribution in [-0.4, -0.2) is 48.1 Å². The number of carbonyl (C=O) groups excluding carboxylic acids is 1. The van der Waals surface area contributed by atoms with Gasteiger partial charge >= 0.3 is 0 Å². The highest BCUT2D eigenvalue weighted by atomic mass is 32.2. The lowest BCUT2D eigenvalue weighted by Gasteiger charge is -2.36. The molecule has 16 heavy (non-hydrogen) atoms. The van der Waals surface area contributed by atoms with Crippen molar-refractivity contribution in [2.24, 2.45) is 5.92 Å². The van der Waals surface area contributed by atoms with E-state index < -0.39 is 0 Å². The molecule has 0 spiro atoms. The number of amides is 1. The first-order valence-electron chi connectivity index (χ1n) is 5.96. The van der Waals surface area contributed by atoms with Crippen molar-refractivity contribution in [1.82, 2.24) is 4.90 Å². The van der Waals surface area contributed by atoms with Gasteiger partial charge in [-0.05, 0) is 17.6 Å². The fourth-order valence-corrected chi connectivity index (χ4v) is 2.55. The van der Waals surface area contributed by atoms with Gasteiger partial charge in [-0.15, -0.1) is 11.8 Å². The van der Waals surface area contributed by atoms with Crippen LogP contribution in [0.1, 0.15) is 27.2 Å². The summed E-state index contributed by atoms with van der Waals surface area (Å²) < 4.78 is 5.41. The monoisotopic (exact) mass is 245 g/mol. The number of rotatable bonds is 4. The van der Waals surface area contributed by atoms with Crippen LogP contribution in [-0.2, 0) is 9.53 Å². The molecule has 1 aliphatic rings. The minimum atomic E-state index is 0.210. The van der Waals surface area contributed by atoms with E-state index in [9.17, 15) is 4.79 Å². The SMILES string of the molecule is COC1CN(C(=O)CSC(C)C)CCC1C. The van der Waals surface area contributed by atoms with E-state index in [4.69, 9.17) is 4.74 Å². The molecule has 0 aliphatic carbocycles. The number of likely N-dealkylation sites (tertiary alicyclic amines) is 1. The largest absolute Gasteiger partial charge is 0.379 e. The van der Waals surface area contributed by atoms with Gasteiger partial charge in [0.1, 0.15) is 0 Å². The van der Waals surface area contributed by atoms with Crippen LogP contribution in [0, 0.1) is 5.92 Å². The number of ether oxygens (including phenoxy) is 1. The van der Waals surface area contributed by atoms with Gasteiger partial charge in [-0.25, -0.2) is 0 Å². The van der Waals surface area contributed by atoms with E-state index in [1.54, 1.807) is 18.9 Å². The van der Waals surface area contributed by atoms with Crippen molar-refractivity contribution in [1.29, 1.82) is 0 Å². The van der Waals surface area contributed by atoms with E-state index in [2.05, 4.69) is 20.8 Å². The zero-order valence-corrected chi connectivity index (χ0v) is 11.5. The van der Waals surface area contributed by atoms with Crippen LogP contribution >= 0.6 is 11.8 Å². The highest BCUT2D eigenvalue weighted by molar-refractivity contribution is 8.00. The van der Waals surface area contributed by atoms with Crippen LogP contribution in [0.4, 0.5) is 0 Å². The van der Waals surface area contributed by atoms with E-state index in [1.807, 2.05) is 4.90 Å². The number of carbonyl (C=O) groups is 1. The summed E-state index contributed by atoms with van der Waals surface area (Å²) >= 11 is 1.71. The summed E-state index contributed by atoms with van der Waals surface area (Å²) in [6, 6.07) is 0. The molecule has 0 aromatic carbocycles. The second kappa shape index (κ2) is 6.50. The summed E-state index contributed by atoms with van der Waals surface area (Å²) in [7, 11) is 1.73. The minimum Gasteiger partial charge on any atom is -0.379 e. The Kier molecular flexibility index (Phi) is 5.62. The Morgan fingerprint density at radius 2 is 2.25 bits per heavy atom. The van der Waals surface area contributed by atoms with Crippen molar-refractivity contribution in [2.45, 2.75) is 38.5 Å². The Bertz CT molecular complexity index is 233. The maximum absolute atomic E-state index is 11.9. The maximum Gasteiger partial charge on any atom is 0.232 e. The predicted octanol–water partition coefficient (Wildman–Crippen LogP) is 2.01. The third-order valence-electron chi connectivity index (χ3n) is 3.08. The molecule has 1 aliphatic heterocycles. The molecule has 0 aromatic heterocycles. The Balaban J connectivity index is 2.39. The second-order valence-corrected chi connectivity index (χ2v) is 6.30. The molecular formula is C12H23NO2S. The Labute approximate surface area is 103 Å². The molecule has 0 bridgehead atoms. The van der Waals surface area contributed by atoms with Crippen molar-refractivity contribution < 1.29 is 9.53 Å². The van der Waals surface area contributed by atoms with Crippen LogP contribution in [0.25, 0.3) is 0 Å². The first-order valence-corrected chi connectivity index (χ1v) is 7.01. The molecule has 0 N–H and O–H groups in total. The standard InChI is InChI=1S/C12H23NO2S/c1-9(2)16-8-12(14)13-6-5-10(3)11(7-13)15-4/h9-11H,5-8H2,1-4H3. The number of nitrogens with zero attached hydrogens (tertiary/aromatic N) is 1. The van der Waals surface area contributed by atoms with Crippen LogP contribution in [0.5, 0.6) is 0 Å². The molecule has 1 heterocycles. The molecule has 0 aromatic rings. The van der Waals surface area contributed by atoms with Crippen molar-refractivity contribution in [3.63, 3.8) is 0 Å². The van der Waals surface area contributed by atoms with E-state index in [1.165, 1.54) is 0 Å². The zero-order chi connectivity index (χ0) is 12.1. The van der Waals surface area contributed by atoms with Gasteiger partial charge in [-0.3, -0.25) is 4.79 Å². The predicted molar refractivity (Wildman–Crippen MR) is 68.8 cm³/mol. The van der Waals surface area contributed by atoms with Gasteiger partial charge in [0.15, 0.2) is 0 Å². The third-order valence-corrected chi connectivity index (χ3v) is 4.17. The van der Waals surface area contributed by atoms with Gasteiger partial charge < -0.3 is 9.64 Å². The lowest BCUT2D eigenvalue weighted by molar-refractivity contribution is -0.133. The smallest absolute Gasteiger partial charge is 0.232 e. The minimum absolute atomic E-state index is 0.210. The first kappa shape index (κ1) is 13.8. The summed E-state index contributed by atoms with van der Waals surface area (Å²) in [6.45, 7) is 8.08. The molecule has 2 atom stereocenters. The Hall–Kier alpha value is -0.220. The van der Waals surface area contributed by atoms with Crippen LogP contribution in [0.3, 0.4) is 0 Å². The zero-order valence-electron chi connectivity index (χ0n) is 10.7. The fraction of sp³-hybridized carbons (Fsp3) is 0.917. The number of hydrogen-bond acceptors (Lipinski definition) is 3. The molecule has 3 nitrogen and oxygen atoms in total. The molecule has 94 valence electrons. The highest BCUT2D eigenvalue weighted by Gasteiger charge is 2.28. The van der Waals surface area contributed by atoms with Gasteiger partial charge in [-0.1, -0.05) is 20.8 Å². The van der Waals surface area contributed by atoms with Gasteiger partial charge in [0.05, 0.1) is 11.9 Å². The van der Waals surface area contributed by atoms with Gasteiger partial charge in [0.2, 0.25) is 5.91 Å². The van der Waals surface area contributed by atoms with Gasteiger partial charge in [0.25, 0.3) is 0 Å². The molecule has 1 fully saturated rings. The normalized spacial score (nSPS) is 26.2. The number of thioether (sulfide) groups is 1. The van der Waals surface area contributed by atoms with E-state index in [0.717, 1.165) is 19.5 Å². The van der Waals surface area contributed by atoms with Crippen LogP contribution in [0.15, 0.2) is 0 Å². The van der Waals surface area contributed by atoms with E-state index in [-0.39, 0.29) is 12.0 Å². The second-order valence-electron chi connectivity index (χ2n) is 4.74. The topological polar surface area (TPSA) is 29.5 Å². The molecule has 0 saturated carbocycles. The molecule has 2 unspecified atom stereocenters. The molecule has 1 saturated heterocycles. The lowest BCUT2D eigenvalue weighted by Crippen LogP contribution is -2.47. The van der Waals surface area contributed by atoms with E-state index in [0.29, 0.717) is 16.9 Å². The van der Waals surface area contributed by atoms with Gasteiger partial charge in [0, 0.05) is 20.2 Å². The third kappa shape index (κ3) is 3.98. The summed E-state index contributed by atoms with van der Waals surface area (Å²) in [5.41, 5.74) is 0. The van der Waals surface area contributed by atoms with Crippen molar-refractivity contribution in [2.75, 3.05) is 26.0 Å². The van der Waals surface area contributed by atoms with Crippen molar-refractivity contribution in [3.05, 3.63) is 0 Å². The maximum atomic E-state index is 11.9. The van der Waals surface area contributed by atoms with Crippen molar-refractivity contribution in [3.8, 4) is 0 Å². The van der Waals surface area contributed by atoms with Crippen LogP contribution in [0.2, 0.25) is 0 Å². The molecule has 4 heteroatoms. The highest BCUT2D eigenvalue weighted by Crippen LogP contribution is 2.20. The summed E-state index contributed by atoms with van der Waals surface area (Å²) in [5.74, 6) is 1.42. The summed E-state index contributed by atoms with van der Waals surface area (Å²) in [4.78, 5) is 13.9. The Morgan fingerprint density at radius 3 is 2.81 bits per heavy atom. The number of hydrogen-bond donors (Lipinski definition) is 0. The fourth-order valence-electron chi connectivity index (χ4n) is 1.90. The summed E-state index contributed by atoms with van der Waals surface area (Å²) in [6.07, 6.45) is 1.26. The quantitative estimate of drug-likeness (QED) is 0.759. The van der Waals surface area contributed by atoms with Crippen molar-refractivity contribution >= 4 is 17.7 Å². The molecular weight excluding hydrogens is 222 g/mol.